The number of nitrogens with zero attached hydrogens (tertiary/aromatic N) is 1. The lowest BCUT2D eigenvalue weighted by atomic mass is 10.0. The molecular formula is C26H27N5O2. The van der Waals surface area contributed by atoms with E-state index in [9.17, 15) is 9.59 Å². The highest BCUT2D eigenvalue weighted by Crippen LogP contribution is 2.21. The van der Waals surface area contributed by atoms with Gasteiger partial charge in [0.25, 0.3) is 11.5 Å². The minimum Gasteiger partial charge on any atom is -0.398 e. The first kappa shape index (κ1) is 22.1. The molecule has 0 aliphatic carbocycles. The number of aromatic amines is 1. The number of nitrogens with two attached hydrogens (primary N) is 1. The lowest BCUT2D eigenvalue weighted by Crippen LogP contribution is -2.46. The van der Waals surface area contributed by atoms with Gasteiger partial charge in [-0.05, 0) is 47.5 Å². The van der Waals surface area contributed by atoms with Crippen LogP contribution in [0.15, 0.2) is 78.2 Å². The normalized spacial score (nSPS) is 14.1. The number of rotatable bonds is 6. The third-order valence-electron chi connectivity index (χ3n) is 5.54. The molecule has 2 aromatic carbocycles. The van der Waals surface area contributed by atoms with Crippen LogP contribution >= 0.6 is 0 Å². The first-order valence-corrected chi connectivity index (χ1v) is 10.8. The molecule has 1 aromatic heterocycles. The SMILES string of the molecule is C=C(Nc1ccc(C(=O)N2CCNCC2)cc1)c1c(/C=C(\N)c2ccccc2)cc[nH]c1=O. The van der Waals surface area contributed by atoms with Crippen LogP contribution in [0.1, 0.15) is 27.0 Å². The molecular weight excluding hydrogens is 414 g/mol. The number of aromatic nitrogens is 1. The molecule has 33 heavy (non-hydrogen) atoms. The summed E-state index contributed by atoms with van der Waals surface area (Å²) in [7, 11) is 0. The van der Waals surface area contributed by atoms with Crippen molar-refractivity contribution >= 4 is 29.1 Å². The summed E-state index contributed by atoms with van der Waals surface area (Å²) in [6, 6.07) is 18.5. The van der Waals surface area contributed by atoms with Gasteiger partial charge in [0.15, 0.2) is 0 Å². The second-order valence-electron chi connectivity index (χ2n) is 7.83. The number of carbonyl (C=O) groups excluding carboxylic acids is 1. The second-order valence-corrected chi connectivity index (χ2v) is 7.83. The Hall–Kier alpha value is -4.10. The summed E-state index contributed by atoms with van der Waals surface area (Å²) >= 11 is 0. The molecule has 168 valence electrons. The molecule has 3 aromatic rings. The quantitative estimate of drug-likeness (QED) is 0.471. The molecule has 0 saturated carbocycles. The van der Waals surface area contributed by atoms with Gasteiger partial charge in [-0.3, -0.25) is 9.59 Å². The molecule has 1 fully saturated rings. The van der Waals surface area contributed by atoms with Crippen LogP contribution in [-0.2, 0) is 0 Å². The van der Waals surface area contributed by atoms with Crippen LogP contribution in [-0.4, -0.2) is 42.0 Å². The third kappa shape index (κ3) is 5.22. The Morgan fingerprint density at radius 2 is 1.70 bits per heavy atom. The maximum atomic E-state index is 12.7. The van der Waals surface area contributed by atoms with E-state index in [1.165, 1.54) is 0 Å². The first-order valence-electron chi connectivity index (χ1n) is 10.8. The van der Waals surface area contributed by atoms with E-state index in [2.05, 4.69) is 22.2 Å². The minimum atomic E-state index is -0.271. The van der Waals surface area contributed by atoms with E-state index in [-0.39, 0.29) is 11.5 Å². The Labute approximate surface area is 192 Å². The monoisotopic (exact) mass is 441 g/mol. The molecule has 1 aliphatic heterocycles. The fourth-order valence-electron chi connectivity index (χ4n) is 3.79. The van der Waals surface area contributed by atoms with E-state index in [1.807, 2.05) is 47.4 Å². The van der Waals surface area contributed by atoms with Gasteiger partial charge in [0, 0.05) is 55.0 Å². The van der Waals surface area contributed by atoms with Gasteiger partial charge in [0.1, 0.15) is 0 Å². The lowest BCUT2D eigenvalue weighted by molar-refractivity contribution is 0.0736. The molecule has 1 saturated heterocycles. The van der Waals surface area contributed by atoms with Gasteiger partial charge >= 0.3 is 0 Å². The molecule has 0 atom stereocenters. The van der Waals surface area contributed by atoms with Gasteiger partial charge in [-0.2, -0.15) is 0 Å². The molecule has 5 N–H and O–H groups in total. The zero-order valence-electron chi connectivity index (χ0n) is 18.3. The highest BCUT2D eigenvalue weighted by Gasteiger charge is 2.18. The predicted octanol–water partition coefficient (Wildman–Crippen LogP) is 2.96. The molecule has 0 unspecified atom stereocenters. The number of anilines is 1. The van der Waals surface area contributed by atoms with Crippen LogP contribution in [0.5, 0.6) is 0 Å². The Bertz CT molecular complexity index is 1220. The van der Waals surface area contributed by atoms with E-state index < -0.39 is 0 Å². The number of nitrogens with one attached hydrogen (secondary N) is 3. The van der Waals surface area contributed by atoms with Crippen LogP contribution in [0.4, 0.5) is 5.69 Å². The summed E-state index contributed by atoms with van der Waals surface area (Å²) in [6.45, 7) is 7.09. The van der Waals surface area contributed by atoms with Gasteiger partial charge < -0.3 is 26.3 Å². The average molecular weight is 442 g/mol. The molecule has 1 aliphatic rings. The molecule has 0 bridgehead atoms. The van der Waals surface area contributed by atoms with Gasteiger partial charge in [-0.1, -0.05) is 36.9 Å². The maximum absolute atomic E-state index is 12.7. The summed E-state index contributed by atoms with van der Waals surface area (Å²) in [5.41, 5.74) is 10.3. The number of hydrogen-bond donors (Lipinski definition) is 4. The smallest absolute Gasteiger partial charge is 0.257 e. The van der Waals surface area contributed by atoms with Crippen molar-refractivity contribution in [1.82, 2.24) is 15.2 Å². The summed E-state index contributed by atoms with van der Waals surface area (Å²) < 4.78 is 0. The predicted molar refractivity (Wildman–Crippen MR) is 133 cm³/mol. The van der Waals surface area contributed by atoms with E-state index >= 15 is 0 Å². The summed E-state index contributed by atoms with van der Waals surface area (Å²) in [5, 5.41) is 6.42. The minimum absolute atomic E-state index is 0.0187. The number of amides is 1. The Balaban J connectivity index is 1.53. The molecule has 7 nitrogen and oxygen atoms in total. The van der Waals surface area contributed by atoms with Crippen molar-refractivity contribution < 1.29 is 4.79 Å². The number of benzene rings is 2. The summed E-state index contributed by atoms with van der Waals surface area (Å²) in [5.74, 6) is 0.0187. The largest absolute Gasteiger partial charge is 0.398 e. The Morgan fingerprint density at radius 1 is 1.00 bits per heavy atom. The van der Waals surface area contributed by atoms with E-state index in [0.717, 1.165) is 24.3 Å². The molecule has 0 spiro atoms. The molecule has 4 rings (SSSR count). The molecule has 1 amide bonds. The molecule has 7 heteroatoms. The van der Waals surface area contributed by atoms with Crippen LogP contribution in [0.3, 0.4) is 0 Å². The first-order chi connectivity index (χ1) is 16.0. The van der Waals surface area contributed by atoms with Crippen molar-refractivity contribution in [3.63, 3.8) is 0 Å². The third-order valence-corrected chi connectivity index (χ3v) is 5.54. The van der Waals surface area contributed by atoms with Crippen molar-refractivity contribution in [3.05, 3.63) is 106 Å². The zero-order chi connectivity index (χ0) is 23.2. The van der Waals surface area contributed by atoms with Crippen LogP contribution in [0, 0.1) is 0 Å². The van der Waals surface area contributed by atoms with Crippen molar-refractivity contribution in [2.24, 2.45) is 5.73 Å². The van der Waals surface area contributed by atoms with Gasteiger partial charge in [0.05, 0.1) is 5.56 Å². The fourth-order valence-corrected chi connectivity index (χ4v) is 3.79. The van der Waals surface area contributed by atoms with Crippen molar-refractivity contribution in [2.75, 3.05) is 31.5 Å². The highest BCUT2D eigenvalue weighted by molar-refractivity contribution is 5.95. The van der Waals surface area contributed by atoms with Crippen molar-refractivity contribution in [3.8, 4) is 0 Å². The number of piperazine rings is 1. The van der Waals surface area contributed by atoms with E-state index in [0.29, 0.717) is 41.2 Å². The topological polar surface area (TPSA) is 103 Å². The Kier molecular flexibility index (Phi) is 6.71. The maximum Gasteiger partial charge on any atom is 0.257 e. The fraction of sp³-hybridized carbons (Fsp3) is 0.154. The van der Waals surface area contributed by atoms with Crippen LogP contribution < -0.4 is 21.9 Å². The molecule has 0 radical (unpaired) electrons. The van der Waals surface area contributed by atoms with Crippen LogP contribution in [0.2, 0.25) is 0 Å². The lowest BCUT2D eigenvalue weighted by Gasteiger charge is -2.27. The summed E-state index contributed by atoms with van der Waals surface area (Å²) in [6.07, 6.45) is 3.35. The highest BCUT2D eigenvalue weighted by atomic mass is 16.2. The average Bonchev–Trinajstić information content (AvgIpc) is 2.85. The number of hydrogen-bond acceptors (Lipinski definition) is 5. The van der Waals surface area contributed by atoms with Crippen molar-refractivity contribution in [1.29, 1.82) is 0 Å². The second kappa shape index (κ2) is 10.0. The summed E-state index contributed by atoms with van der Waals surface area (Å²) in [4.78, 5) is 29.8. The molecule has 2 heterocycles. The van der Waals surface area contributed by atoms with Crippen LogP contribution in [0.25, 0.3) is 17.5 Å². The number of H-pyrrole nitrogens is 1. The Morgan fingerprint density at radius 3 is 2.39 bits per heavy atom. The van der Waals surface area contributed by atoms with E-state index in [1.54, 1.807) is 30.5 Å². The standard InChI is InChI=1S/C26H27N5O2/c1-18(30-22-9-7-20(8-10-22)26(33)31-15-13-28-14-16-31)24-21(11-12-29-25(24)32)17-23(27)19-5-3-2-4-6-19/h2-12,17,28,30H,1,13-16,27H2,(H,29,32)/b23-17-. The number of carbonyl (C=O) groups is 1. The van der Waals surface area contributed by atoms with Gasteiger partial charge in [0.2, 0.25) is 0 Å². The van der Waals surface area contributed by atoms with Gasteiger partial charge in [-0.25, -0.2) is 0 Å². The van der Waals surface area contributed by atoms with Crippen molar-refractivity contribution in [2.45, 2.75) is 0 Å². The van der Waals surface area contributed by atoms with Gasteiger partial charge in [-0.15, -0.1) is 0 Å². The number of pyridine rings is 1. The van der Waals surface area contributed by atoms with E-state index in [4.69, 9.17) is 5.73 Å². The zero-order valence-corrected chi connectivity index (χ0v) is 18.3.